The number of anilines is 1. The number of aromatic nitrogens is 2. The number of hydrogen-bond acceptors (Lipinski definition) is 6. The van der Waals surface area contributed by atoms with Gasteiger partial charge in [-0.15, -0.1) is 0 Å². The number of ether oxygens (including phenoxy) is 1. The minimum atomic E-state index is -0.649. The standard InChI is InChI=1S/C28H37As2ClN4O3/c1-27(2,26(36)37)29-15-19-6-8-20(9-7-19)30-24-14-21(22(31)16-33-24)23-4-3-5-25(35-23)34-18-28(17-32)10-12-38-13-11-28/h3-5,14,16,19-20,29-30H,6-13,15,18H2,1-2H3,(H,34,35)(H,36,37)/t19-,20-. The van der Waals surface area contributed by atoms with E-state index in [4.69, 9.17) is 21.3 Å². The maximum absolute atomic E-state index is 11.4. The monoisotopic (exact) mass is 662 g/mol. The van der Waals surface area contributed by atoms with Crippen LogP contribution in [0.2, 0.25) is 19.1 Å². The summed E-state index contributed by atoms with van der Waals surface area (Å²) in [5.74, 6) is 0.774. The molecule has 2 aliphatic rings. The molecule has 3 heterocycles. The summed E-state index contributed by atoms with van der Waals surface area (Å²) in [6, 6.07) is 10.5. The molecule has 1 saturated heterocycles. The number of hydrogen-bond donors (Lipinski definition) is 2. The Hall–Kier alpha value is -1.57. The molecule has 1 saturated carbocycles. The van der Waals surface area contributed by atoms with Crippen LogP contribution < -0.4 is 9.80 Å². The third-order valence-electron chi connectivity index (χ3n) is 7.74. The number of halogens is 1. The zero-order valence-electron chi connectivity index (χ0n) is 22.1. The first-order chi connectivity index (χ1) is 18.2. The van der Waals surface area contributed by atoms with Crippen LogP contribution in [0.1, 0.15) is 52.4 Å². The number of carboxylic acids is 1. The van der Waals surface area contributed by atoms with Gasteiger partial charge in [0.25, 0.3) is 0 Å². The molecular weight excluding hydrogens is 626 g/mol. The number of aliphatic carboxylic acids is 1. The molecule has 7 nitrogen and oxygen atoms in total. The molecule has 1 aliphatic carbocycles. The Morgan fingerprint density at radius 2 is 2.03 bits per heavy atom. The van der Waals surface area contributed by atoms with Gasteiger partial charge in [0.15, 0.2) is 0 Å². The van der Waals surface area contributed by atoms with E-state index in [1.807, 2.05) is 32.0 Å². The minimum absolute atomic E-state index is 0.417. The van der Waals surface area contributed by atoms with Crippen molar-refractivity contribution in [3.63, 3.8) is 0 Å². The quantitative estimate of drug-likeness (QED) is 0.355. The Morgan fingerprint density at radius 3 is 2.71 bits per heavy atom. The van der Waals surface area contributed by atoms with E-state index in [-0.39, 0.29) is 0 Å². The van der Waals surface area contributed by atoms with Crippen molar-refractivity contribution < 1.29 is 14.6 Å². The fourth-order valence-corrected chi connectivity index (χ4v) is 10.9. The van der Waals surface area contributed by atoms with Crippen molar-refractivity contribution in [2.45, 2.75) is 66.5 Å². The van der Waals surface area contributed by atoms with Crippen LogP contribution in [0.15, 0.2) is 30.5 Å². The van der Waals surface area contributed by atoms with Crippen LogP contribution in [0.25, 0.3) is 11.3 Å². The molecule has 2 unspecified atom stereocenters. The molecule has 0 amide bonds. The van der Waals surface area contributed by atoms with Crippen molar-refractivity contribution in [3.05, 3.63) is 35.5 Å². The summed E-state index contributed by atoms with van der Waals surface area (Å²) >= 11 is 5.66. The molecule has 0 aromatic carbocycles. The van der Waals surface area contributed by atoms with Crippen LogP contribution in [0.4, 0.5) is 5.82 Å². The van der Waals surface area contributed by atoms with Gasteiger partial charge >= 0.3 is 245 Å². The van der Waals surface area contributed by atoms with Crippen LogP contribution in [-0.2, 0) is 9.53 Å². The van der Waals surface area contributed by atoms with Crippen LogP contribution in [-0.4, -0.2) is 72.3 Å². The molecule has 2 aromatic rings. The molecule has 2 N–H and O–H groups in total. The third-order valence-corrected chi connectivity index (χ3v) is 15.2. The number of nitrogens with zero attached hydrogens (tertiary/aromatic N) is 3. The van der Waals surface area contributed by atoms with E-state index in [2.05, 4.69) is 22.4 Å². The Morgan fingerprint density at radius 1 is 1.29 bits per heavy atom. The van der Waals surface area contributed by atoms with Crippen molar-refractivity contribution in [1.29, 1.82) is 5.26 Å². The van der Waals surface area contributed by atoms with Gasteiger partial charge in [0.05, 0.1) is 0 Å². The molecule has 2 fully saturated rings. The average Bonchev–Trinajstić information content (AvgIpc) is 2.93. The predicted molar refractivity (Wildman–Crippen MR) is 155 cm³/mol. The predicted octanol–water partition coefficient (Wildman–Crippen LogP) is 4.71. The zero-order chi connectivity index (χ0) is 27.2. The van der Waals surface area contributed by atoms with Crippen molar-refractivity contribution in [3.8, 4) is 17.3 Å². The molecular formula is C28H37As2ClN4O3. The van der Waals surface area contributed by atoms with Crippen LogP contribution >= 0.6 is 11.6 Å². The molecule has 0 radical (unpaired) electrons. The summed E-state index contributed by atoms with van der Waals surface area (Å²) in [4.78, 5) is 20.9. The second-order valence-electron chi connectivity index (χ2n) is 11.0. The van der Waals surface area contributed by atoms with E-state index >= 15 is 0 Å². The number of carbonyl (C=O) groups is 1. The molecule has 0 spiro atoms. The topological polar surface area (TPSA) is 108 Å². The van der Waals surface area contributed by atoms with E-state index < -0.39 is 47.1 Å². The number of carboxylic acid groups (broad SMARTS) is 1. The van der Waals surface area contributed by atoms with Gasteiger partial charge in [-0.25, -0.2) is 0 Å². The molecule has 0 bridgehead atoms. The number of nitrogens with one attached hydrogen (secondary N) is 1. The van der Waals surface area contributed by atoms with Gasteiger partial charge in [0.2, 0.25) is 0 Å². The van der Waals surface area contributed by atoms with E-state index in [1.54, 1.807) is 6.20 Å². The van der Waals surface area contributed by atoms with E-state index in [9.17, 15) is 15.2 Å². The maximum atomic E-state index is 11.4. The van der Waals surface area contributed by atoms with Gasteiger partial charge in [0, 0.05) is 0 Å². The van der Waals surface area contributed by atoms with Gasteiger partial charge < -0.3 is 0 Å². The summed E-state index contributed by atoms with van der Waals surface area (Å²) < 4.78 is 6.79. The molecule has 10 heteroatoms. The Kier molecular flexibility index (Phi) is 10.2. The molecule has 2 atom stereocenters. The summed E-state index contributed by atoms with van der Waals surface area (Å²) in [5.41, 5.74) is 1.29. The van der Waals surface area contributed by atoms with Crippen LogP contribution in [0.5, 0.6) is 0 Å². The summed E-state index contributed by atoms with van der Waals surface area (Å²) in [5, 5.41) is 24.2. The van der Waals surface area contributed by atoms with Gasteiger partial charge in [0.1, 0.15) is 0 Å². The van der Waals surface area contributed by atoms with E-state index in [0.29, 0.717) is 35.4 Å². The average molecular weight is 663 g/mol. The summed E-state index contributed by atoms with van der Waals surface area (Å²) in [6.07, 6.45) is 8.06. The molecule has 38 heavy (non-hydrogen) atoms. The Bertz CT molecular complexity index is 1160. The first-order valence-corrected chi connectivity index (χ1v) is 18.5. The zero-order valence-corrected chi connectivity index (χ0v) is 27.0. The van der Waals surface area contributed by atoms with Crippen molar-refractivity contribution in [2.24, 2.45) is 11.3 Å². The molecule has 4 rings (SSSR count). The second-order valence-corrected chi connectivity index (χ2v) is 19.0. The fraction of sp³-hybridized carbons (Fsp3) is 0.571. The molecule has 2 aromatic heterocycles. The number of pyridine rings is 2. The molecule has 204 valence electrons. The van der Waals surface area contributed by atoms with Crippen molar-refractivity contribution >= 4 is 59.4 Å². The first kappa shape index (κ1) is 29.4. The fourth-order valence-electron chi connectivity index (χ4n) is 4.94. The van der Waals surface area contributed by atoms with E-state index in [0.717, 1.165) is 39.6 Å². The van der Waals surface area contributed by atoms with Gasteiger partial charge in [-0.05, 0) is 0 Å². The van der Waals surface area contributed by atoms with Crippen LogP contribution in [0, 0.1) is 22.7 Å². The number of rotatable bonds is 10. The molecule has 1 aliphatic heterocycles. The summed E-state index contributed by atoms with van der Waals surface area (Å²) in [6.45, 7) is 5.55. The number of nitriles is 1. The Balaban J connectivity index is 1.35. The van der Waals surface area contributed by atoms with E-state index in [1.165, 1.54) is 25.7 Å². The third kappa shape index (κ3) is 7.76. The first-order valence-electron chi connectivity index (χ1n) is 13.3. The van der Waals surface area contributed by atoms with Gasteiger partial charge in [-0.3, -0.25) is 0 Å². The normalized spacial score (nSPS) is 22.1. The van der Waals surface area contributed by atoms with Crippen LogP contribution in [0.3, 0.4) is 0 Å². The summed E-state index contributed by atoms with van der Waals surface area (Å²) in [7, 11) is 0. The van der Waals surface area contributed by atoms with Crippen molar-refractivity contribution in [1.82, 2.24) is 9.97 Å². The van der Waals surface area contributed by atoms with Crippen molar-refractivity contribution in [2.75, 3.05) is 25.1 Å². The SMILES string of the molecule is CC(C)([AsH]C[C@H]1CC[C@H]([AsH]c2cc(-c3cccc(NCC4(C#N)CCOCC4)n3)c(Cl)cn2)CC1)C(=O)O. The second kappa shape index (κ2) is 13.2. The Labute approximate surface area is 243 Å². The van der Waals surface area contributed by atoms with Gasteiger partial charge in [-0.1, -0.05) is 0 Å². The van der Waals surface area contributed by atoms with Gasteiger partial charge in [-0.2, -0.15) is 0 Å².